The van der Waals surface area contributed by atoms with E-state index in [9.17, 15) is 14.0 Å². The summed E-state index contributed by atoms with van der Waals surface area (Å²) in [4.78, 5) is 24.6. The fourth-order valence-corrected chi connectivity index (χ4v) is 3.51. The van der Waals surface area contributed by atoms with Crippen LogP contribution in [0.1, 0.15) is 45.4 Å². The summed E-state index contributed by atoms with van der Waals surface area (Å²) >= 11 is 0. The van der Waals surface area contributed by atoms with Gasteiger partial charge in [0.05, 0.1) is 17.9 Å². The van der Waals surface area contributed by atoms with Crippen LogP contribution in [0.5, 0.6) is 0 Å². The quantitative estimate of drug-likeness (QED) is 0.667. The fourth-order valence-electron chi connectivity index (χ4n) is 3.51. The Balaban J connectivity index is 1.57. The lowest BCUT2D eigenvalue weighted by atomic mass is 10.1. The van der Waals surface area contributed by atoms with E-state index in [1.165, 1.54) is 12.1 Å². The molecule has 1 N–H and O–H groups in total. The number of benzene rings is 2. The van der Waals surface area contributed by atoms with E-state index in [0.717, 1.165) is 36.2 Å². The van der Waals surface area contributed by atoms with E-state index in [1.807, 2.05) is 0 Å². The summed E-state index contributed by atoms with van der Waals surface area (Å²) in [5.74, 6) is -1.03. The minimum atomic E-state index is -0.402. The standard InChI is InChI=1S/C22H20FN3O3/c1-2-29-22(28)14-6-10-16(11-7-14)24-21(27)20-18-4-3-5-19(18)26(25-20)17-12-8-15(23)9-13-17/h6-13H,2-5H2,1H3,(H,24,27). The lowest BCUT2D eigenvalue weighted by molar-refractivity contribution is 0.0526. The molecule has 1 aliphatic carbocycles. The fraction of sp³-hybridized carbons (Fsp3) is 0.227. The van der Waals surface area contributed by atoms with Crippen molar-refractivity contribution in [3.8, 4) is 5.69 Å². The van der Waals surface area contributed by atoms with Crippen molar-refractivity contribution in [1.29, 1.82) is 0 Å². The van der Waals surface area contributed by atoms with Gasteiger partial charge in [-0.25, -0.2) is 13.9 Å². The Bertz CT molecular complexity index is 1060. The summed E-state index contributed by atoms with van der Waals surface area (Å²) in [6.07, 6.45) is 2.55. The Kier molecular flexibility index (Phi) is 5.12. The predicted octanol–water partition coefficient (Wildman–Crippen LogP) is 3.93. The number of hydrogen-bond acceptors (Lipinski definition) is 4. The van der Waals surface area contributed by atoms with Crippen LogP contribution in [0.2, 0.25) is 0 Å². The summed E-state index contributed by atoms with van der Waals surface area (Å²) in [7, 11) is 0. The number of nitrogens with one attached hydrogen (secondary N) is 1. The van der Waals surface area contributed by atoms with E-state index in [-0.39, 0.29) is 11.7 Å². The van der Waals surface area contributed by atoms with E-state index in [4.69, 9.17) is 4.74 Å². The minimum absolute atomic E-state index is 0.305. The third-order valence-corrected chi connectivity index (χ3v) is 4.87. The topological polar surface area (TPSA) is 73.2 Å². The second kappa shape index (κ2) is 7.87. The number of esters is 1. The van der Waals surface area contributed by atoms with E-state index in [1.54, 1.807) is 48.0 Å². The first-order valence-corrected chi connectivity index (χ1v) is 9.52. The van der Waals surface area contributed by atoms with Crippen LogP contribution in [-0.4, -0.2) is 28.3 Å². The van der Waals surface area contributed by atoms with Crippen molar-refractivity contribution >= 4 is 17.6 Å². The van der Waals surface area contributed by atoms with Gasteiger partial charge in [0.1, 0.15) is 5.82 Å². The molecule has 1 heterocycles. The molecule has 6 nitrogen and oxygen atoms in total. The molecule has 148 valence electrons. The number of anilines is 1. The van der Waals surface area contributed by atoms with Gasteiger partial charge in [-0.1, -0.05) is 0 Å². The van der Waals surface area contributed by atoms with E-state index in [2.05, 4.69) is 10.4 Å². The first-order chi connectivity index (χ1) is 14.1. The molecule has 29 heavy (non-hydrogen) atoms. The second-order valence-electron chi connectivity index (χ2n) is 6.77. The first-order valence-electron chi connectivity index (χ1n) is 9.52. The van der Waals surface area contributed by atoms with E-state index >= 15 is 0 Å². The number of halogens is 1. The van der Waals surface area contributed by atoms with Gasteiger partial charge in [-0.05, 0) is 74.7 Å². The zero-order valence-corrected chi connectivity index (χ0v) is 15.9. The van der Waals surface area contributed by atoms with Gasteiger partial charge in [0, 0.05) is 16.9 Å². The van der Waals surface area contributed by atoms with Gasteiger partial charge in [0.2, 0.25) is 0 Å². The van der Waals surface area contributed by atoms with Crippen molar-refractivity contribution in [1.82, 2.24) is 9.78 Å². The molecule has 0 atom stereocenters. The van der Waals surface area contributed by atoms with Crippen LogP contribution in [-0.2, 0) is 17.6 Å². The SMILES string of the molecule is CCOC(=O)c1ccc(NC(=O)c2nn(-c3ccc(F)cc3)c3c2CCC3)cc1. The lowest BCUT2D eigenvalue weighted by Gasteiger charge is -2.06. The monoisotopic (exact) mass is 393 g/mol. The normalized spacial score (nSPS) is 12.5. The number of rotatable bonds is 5. The van der Waals surface area contributed by atoms with Crippen LogP contribution in [0, 0.1) is 5.82 Å². The highest BCUT2D eigenvalue weighted by molar-refractivity contribution is 6.04. The van der Waals surface area contributed by atoms with Crippen LogP contribution in [0.15, 0.2) is 48.5 Å². The molecule has 1 aliphatic rings. The van der Waals surface area contributed by atoms with E-state index < -0.39 is 5.97 Å². The highest BCUT2D eigenvalue weighted by Crippen LogP contribution is 2.28. The maximum atomic E-state index is 13.3. The number of hydrogen-bond donors (Lipinski definition) is 1. The molecule has 3 aromatic rings. The van der Waals surface area contributed by atoms with Gasteiger partial charge in [0.15, 0.2) is 5.69 Å². The van der Waals surface area contributed by atoms with Crippen molar-refractivity contribution < 1.29 is 18.7 Å². The number of aromatic nitrogens is 2. The van der Waals surface area contributed by atoms with Gasteiger partial charge in [-0.2, -0.15) is 5.10 Å². The zero-order chi connectivity index (χ0) is 20.4. The Morgan fingerprint density at radius 3 is 2.52 bits per heavy atom. The summed E-state index contributed by atoms with van der Waals surface area (Å²) in [5, 5.41) is 7.34. The number of ether oxygens (including phenoxy) is 1. The van der Waals surface area contributed by atoms with Gasteiger partial charge >= 0.3 is 5.97 Å². The van der Waals surface area contributed by atoms with Gasteiger partial charge in [0.25, 0.3) is 5.91 Å². The molecule has 0 aliphatic heterocycles. The average Bonchev–Trinajstić information content (AvgIpc) is 3.32. The largest absolute Gasteiger partial charge is 0.462 e. The molecule has 2 aromatic carbocycles. The highest BCUT2D eigenvalue weighted by atomic mass is 19.1. The molecular weight excluding hydrogens is 373 g/mol. The first kappa shape index (κ1) is 18.9. The summed E-state index contributed by atoms with van der Waals surface area (Å²) in [5.41, 5.74) is 3.99. The molecule has 0 saturated heterocycles. The predicted molar refractivity (Wildman–Crippen MR) is 106 cm³/mol. The summed E-state index contributed by atoms with van der Waals surface area (Å²) < 4.78 is 19.9. The van der Waals surface area contributed by atoms with Crippen LogP contribution in [0.25, 0.3) is 5.69 Å². The van der Waals surface area contributed by atoms with Crippen molar-refractivity contribution in [2.24, 2.45) is 0 Å². The third kappa shape index (κ3) is 3.76. The highest BCUT2D eigenvalue weighted by Gasteiger charge is 2.27. The number of nitrogens with zero attached hydrogens (tertiary/aromatic N) is 2. The van der Waals surface area contributed by atoms with Crippen molar-refractivity contribution in [3.05, 3.63) is 76.9 Å². The second-order valence-corrected chi connectivity index (χ2v) is 6.77. The number of carbonyl (C=O) groups is 2. The average molecular weight is 393 g/mol. The molecule has 0 spiro atoms. The van der Waals surface area contributed by atoms with Gasteiger partial charge < -0.3 is 10.1 Å². The molecule has 0 saturated carbocycles. The van der Waals surface area contributed by atoms with Crippen molar-refractivity contribution in [2.75, 3.05) is 11.9 Å². The summed E-state index contributed by atoms with van der Waals surface area (Å²) in [6, 6.07) is 12.6. The Hall–Kier alpha value is -3.48. The molecule has 0 radical (unpaired) electrons. The smallest absolute Gasteiger partial charge is 0.338 e. The molecule has 0 unspecified atom stereocenters. The number of amides is 1. The zero-order valence-electron chi connectivity index (χ0n) is 15.9. The maximum absolute atomic E-state index is 13.3. The lowest BCUT2D eigenvalue weighted by Crippen LogP contribution is -2.15. The molecule has 1 aromatic heterocycles. The number of carbonyl (C=O) groups excluding carboxylic acids is 2. The van der Waals surface area contributed by atoms with Gasteiger partial charge in [-0.15, -0.1) is 0 Å². The van der Waals surface area contributed by atoms with Crippen molar-refractivity contribution in [2.45, 2.75) is 26.2 Å². The molecule has 4 rings (SSSR count). The van der Waals surface area contributed by atoms with Crippen molar-refractivity contribution in [3.63, 3.8) is 0 Å². The van der Waals surface area contributed by atoms with Crippen LogP contribution < -0.4 is 5.32 Å². The molecule has 7 heteroatoms. The third-order valence-electron chi connectivity index (χ3n) is 4.87. The molecular formula is C22H20FN3O3. The number of fused-ring (bicyclic) bond motifs is 1. The Labute approximate surface area is 167 Å². The van der Waals surface area contributed by atoms with Crippen LogP contribution >= 0.6 is 0 Å². The van der Waals surface area contributed by atoms with Gasteiger partial charge in [-0.3, -0.25) is 4.79 Å². The van der Waals surface area contributed by atoms with E-state index in [0.29, 0.717) is 23.6 Å². The minimum Gasteiger partial charge on any atom is -0.462 e. The van der Waals surface area contributed by atoms with Crippen LogP contribution in [0.3, 0.4) is 0 Å². The Morgan fingerprint density at radius 2 is 1.83 bits per heavy atom. The molecule has 0 fully saturated rings. The summed E-state index contributed by atoms with van der Waals surface area (Å²) in [6.45, 7) is 2.05. The maximum Gasteiger partial charge on any atom is 0.338 e. The molecule has 0 bridgehead atoms. The Morgan fingerprint density at radius 1 is 1.10 bits per heavy atom. The molecule has 1 amide bonds. The van der Waals surface area contributed by atoms with Crippen LogP contribution in [0.4, 0.5) is 10.1 Å².